The summed E-state index contributed by atoms with van der Waals surface area (Å²) < 4.78 is 33.3. The van der Waals surface area contributed by atoms with E-state index in [4.69, 9.17) is 28.4 Å². The van der Waals surface area contributed by atoms with E-state index in [9.17, 15) is 24.0 Å². The van der Waals surface area contributed by atoms with Crippen LogP contribution in [-0.4, -0.2) is 81.7 Å². The molecule has 2 aromatic heterocycles. The summed E-state index contributed by atoms with van der Waals surface area (Å²) in [6.07, 6.45) is -6.14. The molecule has 0 saturated carbocycles. The minimum Gasteiger partial charge on any atom is -0.497 e. The average molecular weight is 593 g/mol. The van der Waals surface area contributed by atoms with Gasteiger partial charge < -0.3 is 28.4 Å². The number of carbonyl (C=O) groups excluding carboxylic acids is 5. The number of ether oxygens (including phenoxy) is 6. The van der Waals surface area contributed by atoms with E-state index in [1.807, 2.05) is 0 Å². The van der Waals surface area contributed by atoms with Gasteiger partial charge in [-0.3, -0.25) is 24.0 Å². The van der Waals surface area contributed by atoms with Crippen LogP contribution in [0, 0.1) is 0 Å². The molecule has 41 heavy (non-hydrogen) atoms. The van der Waals surface area contributed by atoms with E-state index in [0.717, 1.165) is 46.0 Å². The highest BCUT2D eigenvalue weighted by Crippen LogP contribution is 2.34. The van der Waals surface area contributed by atoms with Gasteiger partial charge in [-0.25, -0.2) is 0 Å². The van der Waals surface area contributed by atoms with Crippen LogP contribution in [0.25, 0.3) is 16.3 Å². The van der Waals surface area contributed by atoms with Crippen molar-refractivity contribution in [2.75, 3.05) is 13.7 Å². The van der Waals surface area contributed by atoms with Gasteiger partial charge in [0.25, 0.3) is 0 Å². The first-order valence-corrected chi connectivity index (χ1v) is 12.9. The molecular formula is C25H28N4O11S. The Morgan fingerprint density at radius 3 is 1.90 bits per heavy atom. The number of hydrogen-bond donors (Lipinski definition) is 0. The van der Waals surface area contributed by atoms with Crippen LogP contribution in [0.1, 0.15) is 45.7 Å². The first-order chi connectivity index (χ1) is 19.4. The van der Waals surface area contributed by atoms with Crippen LogP contribution in [-0.2, 0) is 47.7 Å². The van der Waals surface area contributed by atoms with E-state index in [2.05, 4.69) is 15.3 Å². The SMILES string of the molecule is COc1ccc(-c2nnc3sc([C@H](OC(C)=O)[C@@H](OC(C)=O)[C@H](OC(C)=O)[C@@H](COC(C)=O)OC(C)=O)nn23)cc1. The van der Waals surface area contributed by atoms with Gasteiger partial charge in [0.2, 0.25) is 4.96 Å². The predicted molar refractivity (Wildman–Crippen MR) is 138 cm³/mol. The van der Waals surface area contributed by atoms with Crippen LogP contribution in [0.4, 0.5) is 0 Å². The van der Waals surface area contributed by atoms with Crippen LogP contribution < -0.4 is 4.74 Å². The van der Waals surface area contributed by atoms with Crippen molar-refractivity contribution in [1.82, 2.24) is 19.8 Å². The third-order valence-corrected chi connectivity index (χ3v) is 6.21. The van der Waals surface area contributed by atoms with E-state index in [1.54, 1.807) is 24.3 Å². The molecule has 3 rings (SSSR count). The molecule has 16 heteroatoms. The molecule has 0 fully saturated rings. The third kappa shape index (κ3) is 8.20. The molecule has 0 radical (unpaired) electrons. The van der Waals surface area contributed by atoms with Crippen molar-refractivity contribution in [1.29, 1.82) is 0 Å². The van der Waals surface area contributed by atoms with Crippen molar-refractivity contribution in [3.8, 4) is 17.1 Å². The number of carbonyl (C=O) groups is 5. The van der Waals surface area contributed by atoms with Crippen LogP contribution in [0.2, 0.25) is 0 Å². The lowest BCUT2D eigenvalue weighted by Gasteiger charge is -2.34. The molecule has 0 aliphatic heterocycles. The summed E-state index contributed by atoms with van der Waals surface area (Å²) in [6, 6.07) is 6.94. The van der Waals surface area contributed by atoms with Gasteiger partial charge in [-0.1, -0.05) is 11.3 Å². The van der Waals surface area contributed by atoms with Gasteiger partial charge in [-0.15, -0.1) is 10.2 Å². The number of methoxy groups -OCH3 is 1. The van der Waals surface area contributed by atoms with E-state index in [0.29, 0.717) is 22.1 Å². The largest absolute Gasteiger partial charge is 0.497 e. The lowest BCUT2D eigenvalue weighted by Crippen LogP contribution is -2.50. The minimum absolute atomic E-state index is 0.0809. The molecule has 3 aromatic rings. The van der Waals surface area contributed by atoms with E-state index >= 15 is 0 Å². The summed E-state index contributed by atoms with van der Waals surface area (Å²) in [6.45, 7) is 4.90. The molecule has 0 saturated heterocycles. The maximum Gasteiger partial charge on any atom is 0.303 e. The Bertz CT molecular complexity index is 1420. The molecule has 0 bridgehead atoms. The van der Waals surface area contributed by atoms with Gasteiger partial charge >= 0.3 is 29.8 Å². The zero-order valence-corrected chi connectivity index (χ0v) is 23.8. The Kier molecular flexibility index (Phi) is 10.3. The highest BCUT2D eigenvalue weighted by Gasteiger charge is 2.46. The zero-order chi connectivity index (χ0) is 30.3. The fourth-order valence-electron chi connectivity index (χ4n) is 3.75. The molecule has 220 valence electrons. The standard InChI is InChI=1S/C25H28N4O11S/c1-12(30)36-11-19(37-13(2)31)20(38-14(3)32)21(39-15(4)33)22(40-16(5)34)24-28-29-23(26-27-25(29)41-24)17-7-9-18(35-6)10-8-17/h7-10,19-22H,11H2,1-6H3/t19-,20-,21+,22-/m1/s1. The molecule has 0 aliphatic carbocycles. The predicted octanol–water partition coefficient (Wildman–Crippen LogP) is 1.82. The lowest BCUT2D eigenvalue weighted by atomic mass is 10.0. The molecule has 4 atom stereocenters. The van der Waals surface area contributed by atoms with Crippen LogP contribution in [0.15, 0.2) is 24.3 Å². The summed E-state index contributed by atoms with van der Waals surface area (Å²) in [5.41, 5.74) is 0.643. The Balaban J connectivity index is 2.14. The normalized spacial score (nSPS) is 13.8. The maximum atomic E-state index is 12.2. The highest BCUT2D eigenvalue weighted by atomic mass is 32.1. The summed E-state index contributed by atoms with van der Waals surface area (Å²) in [7, 11) is 1.53. The van der Waals surface area contributed by atoms with Crippen molar-refractivity contribution < 1.29 is 52.4 Å². The van der Waals surface area contributed by atoms with Crippen LogP contribution in [0.3, 0.4) is 0 Å². The van der Waals surface area contributed by atoms with Gasteiger partial charge in [0.05, 0.1) is 7.11 Å². The summed E-state index contributed by atoms with van der Waals surface area (Å²) >= 11 is 0.958. The van der Waals surface area contributed by atoms with E-state index < -0.39 is 60.9 Å². The topological polar surface area (TPSA) is 184 Å². The van der Waals surface area contributed by atoms with Crippen molar-refractivity contribution >= 4 is 46.1 Å². The first kappa shape index (κ1) is 30.9. The fourth-order valence-corrected chi connectivity index (χ4v) is 4.65. The summed E-state index contributed by atoms with van der Waals surface area (Å²) in [4.78, 5) is 60.3. The maximum absolute atomic E-state index is 12.2. The Morgan fingerprint density at radius 2 is 1.37 bits per heavy atom. The second-order valence-corrected chi connectivity index (χ2v) is 9.50. The Hall–Kier alpha value is -4.60. The van der Waals surface area contributed by atoms with Crippen molar-refractivity contribution in [2.24, 2.45) is 0 Å². The smallest absolute Gasteiger partial charge is 0.303 e. The molecule has 0 spiro atoms. The quantitative estimate of drug-likeness (QED) is 0.219. The molecule has 0 N–H and O–H groups in total. The number of hydrogen-bond acceptors (Lipinski definition) is 15. The van der Waals surface area contributed by atoms with Gasteiger partial charge in [0.15, 0.2) is 35.2 Å². The van der Waals surface area contributed by atoms with Crippen molar-refractivity contribution in [2.45, 2.75) is 59.0 Å². The number of nitrogens with zero attached hydrogens (tertiary/aromatic N) is 4. The highest BCUT2D eigenvalue weighted by molar-refractivity contribution is 7.16. The zero-order valence-electron chi connectivity index (χ0n) is 23.0. The molecule has 0 amide bonds. The monoisotopic (exact) mass is 592 g/mol. The van der Waals surface area contributed by atoms with Crippen LogP contribution >= 0.6 is 11.3 Å². The lowest BCUT2D eigenvalue weighted by molar-refractivity contribution is -0.203. The summed E-state index contributed by atoms with van der Waals surface area (Å²) in [5.74, 6) is -3.05. The number of fused-ring (bicyclic) bond motifs is 1. The molecular weight excluding hydrogens is 564 g/mol. The Morgan fingerprint density at radius 1 is 0.780 bits per heavy atom. The second-order valence-electron chi connectivity index (χ2n) is 8.52. The molecule has 0 aliphatic rings. The van der Waals surface area contributed by atoms with Gasteiger partial charge in [0, 0.05) is 40.2 Å². The molecule has 15 nitrogen and oxygen atoms in total. The fraction of sp³-hybridized carbons (Fsp3) is 0.440. The van der Waals surface area contributed by atoms with Crippen LogP contribution in [0.5, 0.6) is 5.75 Å². The Labute approximate surface area is 237 Å². The van der Waals surface area contributed by atoms with Gasteiger partial charge in [-0.2, -0.15) is 9.61 Å². The van der Waals surface area contributed by atoms with Crippen molar-refractivity contribution in [3.63, 3.8) is 0 Å². The first-order valence-electron chi connectivity index (χ1n) is 12.1. The summed E-state index contributed by atoms with van der Waals surface area (Å²) in [5, 5.41) is 12.9. The minimum atomic E-state index is -1.60. The molecule has 1 aromatic carbocycles. The number of aromatic nitrogens is 4. The molecule has 2 heterocycles. The number of esters is 5. The van der Waals surface area contributed by atoms with Gasteiger partial charge in [-0.05, 0) is 24.3 Å². The van der Waals surface area contributed by atoms with Gasteiger partial charge in [0.1, 0.15) is 12.4 Å². The van der Waals surface area contributed by atoms with E-state index in [-0.39, 0.29) is 5.01 Å². The van der Waals surface area contributed by atoms with E-state index in [1.165, 1.54) is 11.6 Å². The average Bonchev–Trinajstić information content (AvgIpc) is 3.48. The molecule has 0 unspecified atom stereocenters. The third-order valence-electron chi connectivity index (χ3n) is 5.25. The number of rotatable bonds is 12. The number of benzene rings is 1. The second kappa shape index (κ2) is 13.6. The van der Waals surface area contributed by atoms with Crippen molar-refractivity contribution in [3.05, 3.63) is 29.3 Å².